The Morgan fingerprint density at radius 1 is 1.17 bits per heavy atom. The number of aromatic nitrogens is 1. The fourth-order valence-corrected chi connectivity index (χ4v) is 3.04. The van der Waals surface area contributed by atoms with Crippen LogP contribution in [0.2, 0.25) is 10.0 Å². The molecular formula is C17H17Cl2N3O2. The van der Waals surface area contributed by atoms with E-state index >= 15 is 0 Å². The maximum Gasteiger partial charge on any atom is 0.228 e. The average Bonchev–Trinajstić information content (AvgIpc) is 2.60. The Bertz CT molecular complexity index is 696. The number of halogens is 2. The summed E-state index contributed by atoms with van der Waals surface area (Å²) in [6, 6.07) is 8.91. The van der Waals surface area contributed by atoms with Crippen molar-refractivity contribution in [1.29, 1.82) is 0 Å². The molecule has 0 bridgehead atoms. The van der Waals surface area contributed by atoms with E-state index in [1.54, 1.807) is 24.4 Å². The van der Waals surface area contributed by atoms with E-state index in [2.05, 4.69) is 15.2 Å². The molecule has 1 aromatic carbocycles. The van der Waals surface area contributed by atoms with E-state index < -0.39 is 0 Å². The number of hydrogen-bond donors (Lipinski definition) is 1. The molecule has 126 valence electrons. The van der Waals surface area contributed by atoms with Gasteiger partial charge in [0.1, 0.15) is 5.82 Å². The molecule has 1 fully saturated rings. The van der Waals surface area contributed by atoms with Gasteiger partial charge in [-0.05, 0) is 29.8 Å². The van der Waals surface area contributed by atoms with Crippen molar-refractivity contribution < 1.29 is 9.53 Å². The van der Waals surface area contributed by atoms with Crippen LogP contribution < -0.4 is 10.2 Å². The number of rotatable bonds is 4. The third kappa shape index (κ3) is 4.17. The molecule has 2 heterocycles. The van der Waals surface area contributed by atoms with Crippen molar-refractivity contribution in [3.05, 3.63) is 52.1 Å². The maximum absolute atomic E-state index is 12.2. The van der Waals surface area contributed by atoms with E-state index in [1.807, 2.05) is 12.1 Å². The average molecular weight is 366 g/mol. The third-order valence-corrected chi connectivity index (χ3v) is 4.47. The highest BCUT2D eigenvalue weighted by Crippen LogP contribution is 2.25. The van der Waals surface area contributed by atoms with Crippen LogP contribution in [0.1, 0.15) is 5.56 Å². The molecule has 1 aliphatic rings. The lowest BCUT2D eigenvalue weighted by Gasteiger charge is -2.27. The summed E-state index contributed by atoms with van der Waals surface area (Å²) in [5, 5.41) is 3.78. The number of ether oxygens (including phenoxy) is 1. The highest BCUT2D eigenvalue weighted by molar-refractivity contribution is 6.36. The van der Waals surface area contributed by atoms with E-state index in [0.29, 0.717) is 34.5 Å². The van der Waals surface area contributed by atoms with Crippen LogP contribution in [0.4, 0.5) is 11.5 Å². The zero-order chi connectivity index (χ0) is 16.9. The molecule has 1 amide bonds. The normalized spacial score (nSPS) is 14.5. The molecule has 1 N–H and O–H groups in total. The number of nitrogens with zero attached hydrogens (tertiary/aromatic N) is 2. The van der Waals surface area contributed by atoms with E-state index in [-0.39, 0.29) is 12.3 Å². The number of morpholine rings is 1. The summed E-state index contributed by atoms with van der Waals surface area (Å²) in [6.07, 6.45) is 1.76. The minimum Gasteiger partial charge on any atom is -0.378 e. The smallest absolute Gasteiger partial charge is 0.228 e. The Labute approximate surface area is 150 Å². The van der Waals surface area contributed by atoms with Gasteiger partial charge in [0.15, 0.2) is 0 Å². The van der Waals surface area contributed by atoms with Crippen LogP contribution in [0, 0.1) is 0 Å². The number of nitrogens with one attached hydrogen (secondary N) is 1. The molecule has 3 rings (SSSR count). The van der Waals surface area contributed by atoms with Crippen LogP contribution in [-0.4, -0.2) is 37.2 Å². The summed E-state index contributed by atoms with van der Waals surface area (Å²) in [5.41, 5.74) is 1.26. The van der Waals surface area contributed by atoms with Crippen LogP contribution in [0.25, 0.3) is 0 Å². The van der Waals surface area contributed by atoms with Crippen LogP contribution in [0.3, 0.4) is 0 Å². The number of hydrogen-bond acceptors (Lipinski definition) is 4. The van der Waals surface area contributed by atoms with Crippen LogP contribution >= 0.6 is 23.2 Å². The van der Waals surface area contributed by atoms with E-state index in [0.717, 1.165) is 18.9 Å². The molecule has 24 heavy (non-hydrogen) atoms. The Morgan fingerprint density at radius 3 is 2.50 bits per heavy atom. The van der Waals surface area contributed by atoms with E-state index in [9.17, 15) is 4.79 Å². The molecule has 1 saturated heterocycles. The van der Waals surface area contributed by atoms with Crippen molar-refractivity contribution in [3.63, 3.8) is 0 Å². The highest BCUT2D eigenvalue weighted by atomic mass is 35.5. The fraction of sp³-hybridized carbons (Fsp3) is 0.294. The fourth-order valence-electron chi connectivity index (χ4n) is 2.51. The summed E-state index contributed by atoms with van der Waals surface area (Å²) >= 11 is 12.2. The van der Waals surface area contributed by atoms with Crippen molar-refractivity contribution in [1.82, 2.24) is 4.98 Å². The third-order valence-electron chi connectivity index (χ3n) is 3.77. The lowest BCUT2D eigenvalue weighted by molar-refractivity contribution is -0.115. The second kappa shape index (κ2) is 7.83. The first-order chi connectivity index (χ1) is 11.6. The zero-order valence-corrected chi connectivity index (χ0v) is 14.5. The van der Waals surface area contributed by atoms with E-state index in [4.69, 9.17) is 27.9 Å². The van der Waals surface area contributed by atoms with Gasteiger partial charge in [-0.2, -0.15) is 0 Å². The monoisotopic (exact) mass is 365 g/mol. The van der Waals surface area contributed by atoms with Gasteiger partial charge in [0.2, 0.25) is 5.91 Å². The largest absolute Gasteiger partial charge is 0.378 e. The quantitative estimate of drug-likeness (QED) is 0.901. The number of amides is 1. The van der Waals surface area contributed by atoms with Gasteiger partial charge in [0.05, 0.1) is 31.5 Å². The van der Waals surface area contributed by atoms with Crippen LogP contribution in [0.5, 0.6) is 0 Å². The summed E-state index contributed by atoms with van der Waals surface area (Å²) in [6.45, 7) is 3.06. The zero-order valence-electron chi connectivity index (χ0n) is 13.0. The Morgan fingerprint density at radius 2 is 1.88 bits per heavy atom. The number of carbonyl (C=O) groups is 1. The molecule has 0 atom stereocenters. The van der Waals surface area contributed by atoms with Crippen molar-refractivity contribution in [2.24, 2.45) is 0 Å². The molecule has 0 radical (unpaired) electrons. The number of benzene rings is 1. The minimum absolute atomic E-state index is 0.115. The number of carbonyl (C=O) groups excluding carboxylic acids is 1. The molecule has 2 aromatic rings. The SMILES string of the molecule is O=C(Cc1c(Cl)cccc1Cl)Nc1ccc(N2CCOCC2)nc1. The first kappa shape index (κ1) is 17.0. The molecule has 0 unspecified atom stereocenters. The molecule has 1 aliphatic heterocycles. The summed E-state index contributed by atoms with van der Waals surface area (Å²) in [4.78, 5) is 18.7. The van der Waals surface area contributed by atoms with Gasteiger partial charge in [0, 0.05) is 23.1 Å². The summed E-state index contributed by atoms with van der Waals surface area (Å²) < 4.78 is 5.33. The van der Waals surface area contributed by atoms with Crippen molar-refractivity contribution >= 4 is 40.6 Å². The first-order valence-electron chi connectivity index (χ1n) is 7.65. The topological polar surface area (TPSA) is 54.5 Å². The number of pyridine rings is 1. The van der Waals surface area contributed by atoms with Crippen molar-refractivity contribution in [2.45, 2.75) is 6.42 Å². The van der Waals surface area contributed by atoms with Gasteiger partial charge in [0.25, 0.3) is 0 Å². The predicted molar refractivity (Wildman–Crippen MR) is 96.1 cm³/mol. The summed E-state index contributed by atoms with van der Waals surface area (Å²) in [5.74, 6) is 0.691. The van der Waals surface area contributed by atoms with Gasteiger partial charge in [-0.1, -0.05) is 29.3 Å². The van der Waals surface area contributed by atoms with Gasteiger partial charge >= 0.3 is 0 Å². The lowest BCUT2D eigenvalue weighted by atomic mass is 10.1. The lowest BCUT2D eigenvalue weighted by Crippen LogP contribution is -2.36. The molecule has 0 saturated carbocycles. The molecule has 0 spiro atoms. The van der Waals surface area contributed by atoms with Crippen molar-refractivity contribution in [3.8, 4) is 0 Å². The summed E-state index contributed by atoms with van der Waals surface area (Å²) in [7, 11) is 0. The van der Waals surface area contributed by atoms with Crippen molar-refractivity contribution in [2.75, 3.05) is 36.5 Å². The molecule has 1 aromatic heterocycles. The Balaban J connectivity index is 1.62. The van der Waals surface area contributed by atoms with Gasteiger partial charge < -0.3 is 15.0 Å². The second-order valence-electron chi connectivity index (χ2n) is 5.43. The molecular weight excluding hydrogens is 349 g/mol. The van der Waals surface area contributed by atoms with Gasteiger partial charge in [-0.3, -0.25) is 4.79 Å². The molecule has 5 nitrogen and oxygen atoms in total. The Hall–Kier alpha value is -1.82. The van der Waals surface area contributed by atoms with Crippen LogP contribution in [-0.2, 0) is 16.0 Å². The second-order valence-corrected chi connectivity index (χ2v) is 6.24. The number of anilines is 2. The van der Waals surface area contributed by atoms with Gasteiger partial charge in [-0.15, -0.1) is 0 Å². The van der Waals surface area contributed by atoms with E-state index in [1.165, 1.54) is 0 Å². The Kier molecular flexibility index (Phi) is 5.56. The first-order valence-corrected chi connectivity index (χ1v) is 8.40. The highest BCUT2D eigenvalue weighted by Gasteiger charge is 2.13. The van der Waals surface area contributed by atoms with Gasteiger partial charge in [-0.25, -0.2) is 4.98 Å². The van der Waals surface area contributed by atoms with Crippen LogP contribution in [0.15, 0.2) is 36.5 Å². The minimum atomic E-state index is -0.189. The standard InChI is InChI=1S/C17H17Cl2N3O2/c18-14-2-1-3-15(19)13(14)10-17(23)21-12-4-5-16(20-11-12)22-6-8-24-9-7-22/h1-5,11H,6-10H2,(H,21,23). The predicted octanol–water partition coefficient (Wildman–Crippen LogP) is 3.41. The molecule has 0 aliphatic carbocycles. The molecule has 7 heteroatoms. The maximum atomic E-state index is 12.2.